The van der Waals surface area contributed by atoms with Crippen molar-refractivity contribution in [1.29, 1.82) is 0 Å². The maximum absolute atomic E-state index is 11.9. The van der Waals surface area contributed by atoms with E-state index in [1.807, 2.05) is 4.98 Å². The molecular formula is C12H10ClN3O3. The Hall–Kier alpha value is -2.34. The molecule has 2 aromatic rings. The highest BCUT2D eigenvalue weighted by Crippen LogP contribution is 2.23. The van der Waals surface area contributed by atoms with E-state index >= 15 is 0 Å². The molecule has 98 valence electrons. The van der Waals surface area contributed by atoms with Gasteiger partial charge in [-0.25, -0.2) is 4.79 Å². The molecule has 0 atom stereocenters. The van der Waals surface area contributed by atoms with Gasteiger partial charge in [-0.15, -0.1) is 0 Å². The highest BCUT2D eigenvalue weighted by Gasteiger charge is 2.10. The Morgan fingerprint density at radius 2 is 2.00 bits per heavy atom. The van der Waals surface area contributed by atoms with Crippen molar-refractivity contribution in [2.24, 2.45) is 0 Å². The molecule has 0 unspecified atom stereocenters. The fraction of sp³-hybridized carbons (Fsp3) is 0.0833. The average Bonchev–Trinajstić information content (AvgIpc) is 2.33. The number of aromatic nitrogens is 2. The smallest absolute Gasteiger partial charge is 0.320 e. The van der Waals surface area contributed by atoms with Gasteiger partial charge in [0.05, 0.1) is 0 Å². The minimum atomic E-state index is -0.736. The van der Waals surface area contributed by atoms with E-state index in [0.29, 0.717) is 16.3 Å². The van der Waals surface area contributed by atoms with E-state index in [4.69, 9.17) is 11.6 Å². The van der Waals surface area contributed by atoms with Crippen LogP contribution in [0, 0.1) is 6.92 Å². The van der Waals surface area contributed by atoms with Crippen LogP contribution in [-0.2, 0) is 0 Å². The molecule has 2 rings (SSSR count). The Morgan fingerprint density at radius 3 is 2.68 bits per heavy atom. The van der Waals surface area contributed by atoms with Crippen LogP contribution in [0.25, 0.3) is 0 Å². The van der Waals surface area contributed by atoms with E-state index in [-0.39, 0.29) is 5.69 Å². The number of carbonyl (C=O) groups excluding carboxylic acids is 1. The number of hydrogen-bond acceptors (Lipinski definition) is 3. The van der Waals surface area contributed by atoms with Crippen LogP contribution in [0.3, 0.4) is 0 Å². The second kappa shape index (κ2) is 5.11. The molecule has 3 N–H and O–H groups in total. The summed E-state index contributed by atoms with van der Waals surface area (Å²) < 4.78 is 0. The van der Waals surface area contributed by atoms with Gasteiger partial charge in [0.2, 0.25) is 0 Å². The molecule has 0 aliphatic rings. The lowest BCUT2D eigenvalue weighted by molar-refractivity contribution is 0.102. The molecule has 6 nitrogen and oxygen atoms in total. The van der Waals surface area contributed by atoms with Gasteiger partial charge < -0.3 is 10.3 Å². The molecule has 7 heteroatoms. The molecule has 1 aromatic carbocycles. The molecule has 0 spiro atoms. The van der Waals surface area contributed by atoms with Crippen molar-refractivity contribution in [1.82, 2.24) is 9.97 Å². The van der Waals surface area contributed by atoms with Gasteiger partial charge in [0.25, 0.3) is 11.5 Å². The first-order valence-corrected chi connectivity index (χ1v) is 5.75. The first-order chi connectivity index (χ1) is 8.97. The van der Waals surface area contributed by atoms with Crippen molar-refractivity contribution in [3.05, 3.63) is 61.4 Å². The molecule has 0 radical (unpaired) electrons. The van der Waals surface area contributed by atoms with Crippen LogP contribution in [0.2, 0.25) is 5.02 Å². The molecule has 0 saturated carbocycles. The second-order valence-corrected chi connectivity index (χ2v) is 4.28. The number of rotatable bonds is 2. The number of halogens is 1. The summed E-state index contributed by atoms with van der Waals surface area (Å²) in [5.74, 6) is -0.589. The second-order valence-electron chi connectivity index (χ2n) is 3.87. The Kier molecular flexibility index (Phi) is 3.52. The Morgan fingerprint density at radius 1 is 1.26 bits per heavy atom. The molecular weight excluding hydrogens is 270 g/mol. The molecule has 0 saturated heterocycles. The van der Waals surface area contributed by atoms with Crippen LogP contribution in [0.5, 0.6) is 0 Å². The monoisotopic (exact) mass is 279 g/mol. The molecule has 0 fully saturated rings. The summed E-state index contributed by atoms with van der Waals surface area (Å²) in [6.07, 6.45) is 0. The van der Waals surface area contributed by atoms with Crippen LogP contribution in [0.15, 0.2) is 33.9 Å². The van der Waals surface area contributed by atoms with Gasteiger partial charge in [-0.2, -0.15) is 0 Å². The number of aromatic amines is 2. The van der Waals surface area contributed by atoms with Crippen molar-refractivity contribution in [3.63, 3.8) is 0 Å². The lowest BCUT2D eigenvalue weighted by atomic mass is 10.2. The van der Waals surface area contributed by atoms with E-state index in [2.05, 4.69) is 10.3 Å². The van der Waals surface area contributed by atoms with Crippen LogP contribution < -0.4 is 16.6 Å². The molecule has 0 aliphatic carbocycles. The standard InChI is InChI=1S/C12H10ClN3O3/c1-6-7(13)3-2-4-8(6)14-11(18)9-5-10(17)16-12(19)15-9/h2-5H,1H3,(H,14,18)(H2,15,16,17,19). The van der Waals surface area contributed by atoms with Crippen molar-refractivity contribution >= 4 is 23.2 Å². The van der Waals surface area contributed by atoms with Crippen molar-refractivity contribution < 1.29 is 4.79 Å². The predicted octanol–water partition coefficient (Wildman–Crippen LogP) is 1.28. The zero-order valence-corrected chi connectivity index (χ0v) is 10.7. The fourth-order valence-electron chi connectivity index (χ4n) is 1.52. The Bertz CT molecular complexity index is 720. The van der Waals surface area contributed by atoms with Crippen LogP contribution in [0.4, 0.5) is 5.69 Å². The van der Waals surface area contributed by atoms with Gasteiger partial charge >= 0.3 is 5.69 Å². The normalized spacial score (nSPS) is 10.2. The van der Waals surface area contributed by atoms with Crippen LogP contribution in [0.1, 0.15) is 16.1 Å². The number of hydrogen-bond donors (Lipinski definition) is 3. The van der Waals surface area contributed by atoms with Gasteiger partial charge in [0.1, 0.15) is 5.69 Å². The first-order valence-electron chi connectivity index (χ1n) is 5.37. The SMILES string of the molecule is Cc1c(Cl)cccc1NC(=O)c1cc(=O)[nH]c(=O)[nH]1. The number of anilines is 1. The summed E-state index contributed by atoms with van der Waals surface area (Å²) in [6, 6.07) is 6.06. The molecule has 19 heavy (non-hydrogen) atoms. The van der Waals surface area contributed by atoms with E-state index in [1.165, 1.54) is 0 Å². The minimum absolute atomic E-state index is 0.117. The van der Waals surface area contributed by atoms with Crippen molar-refractivity contribution in [2.75, 3.05) is 5.32 Å². The molecule has 0 bridgehead atoms. The summed E-state index contributed by atoms with van der Waals surface area (Å²) in [4.78, 5) is 38.3. The average molecular weight is 280 g/mol. The minimum Gasteiger partial charge on any atom is -0.320 e. The molecule has 0 aliphatic heterocycles. The van der Waals surface area contributed by atoms with Gasteiger partial charge in [0, 0.05) is 16.8 Å². The van der Waals surface area contributed by atoms with Gasteiger partial charge in [-0.05, 0) is 24.6 Å². The Labute approximate surface area is 112 Å². The van der Waals surface area contributed by atoms with Crippen LogP contribution in [-0.4, -0.2) is 15.9 Å². The van der Waals surface area contributed by atoms with E-state index in [0.717, 1.165) is 6.07 Å². The van der Waals surface area contributed by atoms with E-state index in [9.17, 15) is 14.4 Å². The summed E-state index contributed by atoms with van der Waals surface area (Å²) in [7, 11) is 0. The zero-order chi connectivity index (χ0) is 14.0. The predicted molar refractivity (Wildman–Crippen MR) is 71.8 cm³/mol. The largest absolute Gasteiger partial charge is 0.326 e. The Balaban J connectivity index is 2.33. The third-order valence-electron chi connectivity index (χ3n) is 2.52. The number of amides is 1. The lowest BCUT2D eigenvalue weighted by Gasteiger charge is -2.08. The van der Waals surface area contributed by atoms with Gasteiger partial charge in [-0.3, -0.25) is 14.6 Å². The lowest BCUT2D eigenvalue weighted by Crippen LogP contribution is -2.27. The highest BCUT2D eigenvalue weighted by molar-refractivity contribution is 6.31. The quantitative estimate of drug-likeness (QED) is 0.773. The zero-order valence-electron chi connectivity index (χ0n) is 9.91. The number of nitrogens with one attached hydrogen (secondary N) is 3. The topological polar surface area (TPSA) is 94.8 Å². The molecule has 1 aromatic heterocycles. The number of carbonyl (C=O) groups is 1. The van der Waals surface area contributed by atoms with Crippen molar-refractivity contribution in [3.8, 4) is 0 Å². The van der Waals surface area contributed by atoms with Crippen molar-refractivity contribution in [2.45, 2.75) is 6.92 Å². The number of H-pyrrole nitrogens is 2. The number of benzene rings is 1. The fourth-order valence-corrected chi connectivity index (χ4v) is 1.70. The third kappa shape index (κ3) is 2.92. The van der Waals surface area contributed by atoms with Gasteiger partial charge in [-0.1, -0.05) is 17.7 Å². The maximum atomic E-state index is 11.9. The molecule has 1 heterocycles. The summed E-state index contributed by atoms with van der Waals surface area (Å²) in [5, 5.41) is 3.09. The van der Waals surface area contributed by atoms with E-state index < -0.39 is 17.2 Å². The summed E-state index contributed by atoms with van der Waals surface area (Å²) in [6.45, 7) is 1.75. The summed E-state index contributed by atoms with van der Waals surface area (Å²) in [5.41, 5.74) is -0.284. The van der Waals surface area contributed by atoms with Crippen LogP contribution >= 0.6 is 11.6 Å². The highest BCUT2D eigenvalue weighted by atomic mass is 35.5. The van der Waals surface area contributed by atoms with Gasteiger partial charge in [0.15, 0.2) is 0 Å². The molecule has 1 amide bonds. The van der Waals surface area contributed by atoms with E-state index in [1.54, 1.807) is 25.1 Å². The maximum Gasteiger partial charge on any atom is 0.326 e. The first kappa shape index (κ1) is 13.1. The summed E-state index contributed by atoms with van der Waals surface area (Å²) >= 11 is 5.93. The third-order valence-corrected chi connectivity index (χ3v) is 2.93.